The van der Waals surface area contributed by atoms with Crippen molar-refractivity contribution >= 4 is 23.7 Å². The van der Waals surface area contributed by atoms with Crippen LogP contribution in [-0.2, 0) is 28.7 Å². The standard InChI is InChI=1S/C22H40N4O9.C2H6/c1-2-19(27)15-23-3-4-24(16-20(28)29)8-13-35-14-10-26(18-22(32)33)6-5-25(17-21(30)31)9-12-34-11-7-23;1-2/h2-18H2,1H3,(H,28,29)(H,30,31)(H,32,33);1-2H3. The quantitative estimate of drug-likeness (QED) is 0.348. The van der Waals surface area contributed by atoms with Gasteiger partial charge in [0, 0.05) is 58.8 Å². The normalized spacial score (nSPS) is 19.1. The highest BCUT2D eigenvalue weighted by Gasteiger charge is 2.17. The maximum atomic E-state index is 12.0. The van der Waals surface area contributed by atoms with Gasteiger partial charge in [-0.05, 0) is 0 Å². The largest absolute Gasteiger partial charge is 0.480 e. The first-order valence-electron chi connectivity index (χ1n) is 12.9. The lowest BCUT2D eigenvalue weighted by molar-refractivity contribution is -0.140. The topological polar surface area (TPSA) is 160 Å². The molecule has 1 aliphatic rings. The van der Waals surface area contributed by atoms with Crippen molar-refractivity contribution in [3.8, 4) is 0 Å². The Bertz CT molecular complexity index is 666. The van der Waals surface area contributed by atoms with Gasteiger partial charge in [0.1, 0.15) is 5.78 Å². The molecule has 0 saturated carbocycles. The maximum absolute atomic E-state index is 12.0. The Hall–Kier alpha value is -2.16. The van der Waals surface area contributed by atoms with Crippen molar-refractivity contribution in [2.75, 3.05) is 105 Å². The Balaban J connectivity index is 0.00000631. The van der Waals surface area contributed by atoms with Gasteiger partial charge in [-0.2, -0.15) is 0 Å². The molecule has 0 aromatic heterocycles. The van der Waals surface area contributed by atoms with E-state index in [2.05, 4.69) is 0 Å². The SMILES string of the molecule is CC.CCC(=O)CN1CCOCCN(CC(=O)O)CCN(CC(=O)O)CCOCCN(CC(=O)O)CC1. The number of carbonyl (C=O) groups excluding carboxylic acids is 1. The number of Topliss-reactive ketones (excluding diaryl/α,β-unsaturated/α-hetero) is 1. The van der Waals surface area contributed by atoms with Gasteiger partial charge < -0.3 is 24.8 Å². The van der Waals surface area contributed by atoms with Crippen LogP contribution in [0.5, 0.6) is 0 Å². The molecule has 1 heterocycles. The van der Waals surface area contributed by atoms with E-state index in [0.29, 0.717) is 65.4 Å². The van der Waals surface area contributed by atoms with Crippen LogP contribution in [0.2, 0.25) is 0 Å². The molecule has 0 atom stereocenters. The van der Waals surface area contributed by atoms with Crippen LogP contribution in [0.1, 0.15) is 27.2 Å². The van der Waals surface area contributed by atoms with E-state index >= 15 is 0 Å². The summed E-state index contributed by atoms with van der Waals surface area (Å²) in [4.78, 5) is 52.8. The molecule has 216 valence electrons. The molecule has 0 aliphatic carbocycles. The molecule has 0 aromatic rings. The lowest BCUT2D eigenvalue weighted by Crippen LogP contribution is -2.43. The maximum Gasteiger partial charge on any atom is 0.317 e. The van der Waals surface area contributed by atoms with Crippen LogP contribution in [0.25, 0.3) is 0 Å². The van der Waals surface area contributed by atoms with Gasteiger partial charge in [-0.1, -0.05) is 20.8 Å². The van der Waals surface area contributed by atoms with Crippen LogP contribution in [0, 0.1) is 0 Å². The van der Waals surface area contributed by atoms with Gasteiger partial charge in [-0.25, -0.2) is 0 Å². The fourth-order valence-corrected chi connectivity index (χ4v) is 3.56. The fraction of sp³-hybridized carbons (Fsp3) is 0.833. The third-order valence-corrected chi connectivity index (χ3v) is 5.54. The summed E-state index contributed by atoms with van der Waals surface area (Å²) in [5.41, 5.74) is 0. The number of ketones is 1. The second-order valence-electron chi connectivity index (χ2n) is 8.40. The van der Waals surface area contributed by atoms with Gasteiger partial charge in [-0.15, -0.1) is 0 Å². The summed E-state index contributed by atoms with van der Waals surface area (Å²) in [6.45, 7) is 9.86. The van der Waals surface area contributed by atoms with Crippen LogP contribution in [0.3, 0.4) is 0 Å². The molecule has 0 unspecified atom stereocenters. The zero-order valence-corrected chi connectivity index (χ0v) is 22.6. The second kappa shape index (κ2) is 21.9. The van der Waals surface area contributed by atoms with Crippen molar-refractivity contribution < 1.29 is 44.0 Å². The smallest absolute Gasteiger partial charge is 0.317 e. The predicted octanol–water partition coefficient (Wildman–Crippen LogP) is -0.500. The number of carboxylic acid groups (broad SMARTS) is 3. The first-order chi connectivity index (χ1) is 17.7. The summed E-state index contributed by atoms with van der Waals surface area (Å²) in [5, 5.41) is 27.6. The molecule has 0 bridgehead atoms. The van der Waals surface area contributed by atoms with Crippen LogP contribution < -0.4 is 0 Å². The molecular weight excluding hydrogens is 488 g/mol. The summed E-state index contributed by atoms with van der Waals surface area (Å²) in [5.74, 6) is -2.83. The molecule has 0 aromatic carbocycles. The van der Waals surface area contributed by atoms with Crippen LogP contribution in [-0.4, -0.2) is 164 Å². The molecule has 1 saturated heterocycles. The number of ether oxygens (including phenoxy) is 2. The number of hydrogen-bond donors (Lipinski definition) is 3. The van der Waals surface area contributed by atoms with Crippen molar-refractivity contribution in [2.45, 2.75) is 27.2 Å². The molecule has 1 aliphatic heterocycles. The molecule has 1 fully saturated rings. The highest BCUT2D eigenvalue weighted by molar-refractivity contribution is 5.80. The number of rotatable bonds is 9. The van der Waals surface area contributed by atoms with E-state index in [1.54, 1.807) is 21.6 Å². The minimum absolute atomic E-state index is 0.0822. The highest BCUT2D eigenvalue weighted by Crippen LogP contribution is 1.99. The first kappa shape index (κ1) is 34.8. The number of aliphatic carboxylic acids is 3. The third-order valence-electron chi connectivity index (χ3n) is 5.54. The minimum atomic E-state index is -0.987. The monoisotopic (exact) mass is 534 g/mol. The fourth-order valence-electron chi connectivity index (χ4n) is 3.56. The number of carbonyl (C=O) groups is 4. The zero-order valence-electron chi connectivity index (χ0n) is 22.6. The van der Waals surface area contributed by atoms with E-state index in [4.69, 9.17) is 9.47 Å². The Labute approximate surface area is 219 Å². The van der Waals surface area contributed by atoms with Crippen LogP contribution in [0.4, 0.5) is 0 Å². The van der Waals surface area contributed by atoms with Gasteiger partial charge in [-0.3, -0.25) is 38.8 Å². The summed E-state index contributed by atoms with van der Waals surface area (Å²) in [7, 11) is 0. The summed E-state index contributed by atoms with van der Waals surface area (Å²) < 4.78 is 11.3. The van der Waals surface area contributed by atoms with Crippen LogP contribution >= 0.6 is 0 Å². The Morgan fingerprint density at radius 3 is 1.05 bits per heavy atom. The summed E-state index contributed by atoms with van der Waals surface area (Å²) in [6, 6.07) is 0. The number of hydrogen-bond acceptors (Lipinski definition) is 10. The molecular formula is C24H46N4O9. The van der Waals surface area contributed by atoms with E-state index in [-0.39, 0.29) is 51.8 Å². The van der Waals surface area contributed by atoms with Crippen molar-refractivity contribution in [3.05, 3.63) is 0 Å². The van der Waals surface area contributed by atoms with Crippen LogP contribution in [0.15, 0.2) is 0 Å². The summed E-state index contributed by atoms with van der Waals surface area (Å²) >= 11 is 0. The lowest BCUT2D eigenvalue weighted by Gasteiger charge is -2.28. The average molecular weight is 535 g/mol. The molecule has 0 spiro atoms. The van der Waals surface area contributed by atoms with Gasteiger partial charge in [0.05, 0.1) is 52.6 Å². The molecule has 0 radical (unpaired) electrons. The van der Waals surface area contributed by atoms with Gasteiger partial charge in [0.25, 0.3) is 0 Å². The number of nitrogens with zero attached hydrogens (tertiary/aromatic N) is 4. The molecule has 13 heteroatoms. The van der Waals surface area contributed by atoms with E-state index in [1.165, 1.54) is 0 Å². The Kier molecular flexibility index (Phi) is 20.6. The molecule has 3 N–H and O–H groups in total. The Morgan fingerprint density at radius 2 is 0.811 bits per heavy atom. The van der Waals surface area contributed by atoms with E-state index < -0.39 is 17.9 Å². The Morgan fingerprint density at radius 1 is 0.541 bits per heavy atom. The molecule has 1 rings (SSSR count). The van der Waals surface area contributed by atoms with Crippen molar-refractivity contribution in [1.82, 2.24) is 19.6 Å². The number of carboxylic acids is 3. The average Bonchev–Trinajstić information content (AvgIpc) is 2.83. The second-order valence-corrected chi connectivity index (χ2v) is 8.40. The lowest BCUT2D eigenvalue weighted by atomic mass is 10.3. The van der Waals surface area contributed by atoms with Crippen molar-refractivity contribution in [2.24, 2.45) is 0 Å². The summed E-state index contributed by atoms with van der Waals surface area (Å²) in [6.07, 6.45) is 0.410. The van der Waals surface area contributed by atoms with Crippen molar-refractivity contribution in [1.29, 1.82) is 0 Å². The molecule has 0 amide bonds. The van der Waals surface area contributed by atoms with Gasteiger partial charge in [0.15, 0.2) is 0 Å². The highest BCUT2D eigenvalue weighted by atomic mass is 16.5. The molecule has 13 nitrogen and oxygen atoms in total. The first-order valence-corrected chi connectivity index (χ1v) is 12.9. The van der Waals surface area contributed by atoms with Gasteiger partial charge in [0.2, 0.25) is 0 Å². The van der Waals surface area contributed by atoms with E-state index in [1.807, 2.05) is 18.7 Å². The molecule has 37 heavy (non-hydrogen) atoms. The van der Waals surface area contributed by atoms with E-state index in [9.17, 15) is 34.5 Å². The zero-order chi connectivity index (χ0) is 28.1. The predicted molar refractivity (Wildman–Crippen MR) is 137 cm³/mol. The van der Waals surface area contributed by atoms with Crippen molar-refractivity contribution in [3.63, 3.8) is 0 Å². The minimum Gasteiger partial charge on any atom is -0.480 e. The van der Waals surface area contributed by atoms with Gasteiger partial charge >= 0.3 is 17.9 Å². The van der Waals surface area contributed by atoms with E-state index in [0.717, 1.165) is 0 Å². The third kappa shape index (κ3) is 19.6.